The predicted octanol–water partition coefficient (Wildman–Crippen LogP) is 1.14. The van der Waals surface area contributed by atoms with Crippen LogP contribution in [0.25, 0.3) is 0 Å². The Morgan fingerprint density at radius 2 is 2.20 bits per heavy atom. The smallest absolute Gasteiger partial charge is 0.249 e. The van der Waals surface area contributed by atoms with Gasteiger partial charge in [-0.05, 0) is 25.0 Å². The largest absolute Gasteiger partial charge is 0.370 e. The minimum absolute atomic E-state index is 0.161. The molecule has 1 atom stereocenters. The van der Waals surface area contributed by atoms with Gasteiger partial charge in [-0.15, -0.1) is 0 Å². The van der Waals surface area contributed by atoms with Crippen molar-refractivity contribution in [1.82, 2.24) is 10.3 Å². The molecule has 2 N–H and O–H groups in total. The third kappa shape index (κ3) is 3.07. The first-order valence-corrected chi connectivity index (χ1v) is 6.97. The summed E-state index contributed by atoms with van der Waals surface area (Å²) in [5.41, 5.74) is 0. The number of carbonyl (C=O) groups is 2. The summed E-state index contributed by atoms with van der Waals surface area (Å²) in [6.45, 7) is 5.01. The quantitative estimate of drug-likeness (QED) is 0.789. The van der Waals surface area contributed by atoms with Crippen LogP contribution in [-0.2, 0) is 9.59 Å². The van der Waals surface area contributed by atoms with Crippen LogP contribution in [0.1, 0.15) is 26.7 Å². The highest BCUT2D eigenvalue weighted by molar-refractivity contribution is 6.04. The standard InChI is InChI=1S/C14H20N4O2/c1-3-8-15-11-6-5-7-12(16-11)18-9-13(19)17-14(20)10(18)4-2/h5-7,10H,3-4,8-9H2,1-2H3,(H,15,16)(H,17,19,20). The van der Waals surface area contributed by atoms with Crippen molar-refractivity contribution < 1.29 is 9.59 Å². The maximum absolute atomic E-state index is 11.9. The van der Waals surface area contributed by atoms with Gasteiger partial charge in [0, 0.05) is 6.54 Å². The van der Waals surface area contributed by atoms with E-state index in [4.69, 9.17) is 0 Å². The Bertz CT molecular complexity index is 504. The molecule has 2 rings (SSSR count). The number of amides is 2. The summed E-state index contributed by atoms with van der Waals surface area (Å²) in [6, 6.07) is 5.24. The molecule has 6 nitrogen and oxygen atoms in total. The van der Waals surface area contributed by atoms with Gasteiger partial charge >= 0.3 is 0 Å². The molecule has 20 heavy (non-hydrogen) atoms. The number of nitrogens with one attached hydrogen (secondary N) is 2. The van der Waals surface area contributed by atoms with Gasteiger partial charge in [-0.25, -0.2) is 4.98 Å². The van der Waals surface area contributed by atoms with Crippen molar-refractivity contribution in [2.45, 2.75) is 32.7 Å². The average Bonchev–Trinajstić information content (AvgIpc) is 2.44. The van der Waals surface area contributed by atoms with Gasteiger partial charge in [0.05, 0.1) is 6.54 Å². The molecule has 0 spiro atoms. The number of hydrogen-bond donors (Lipinski definition) is 2. The van der Waals surface area contributed by atoms with Crippen molar-refractivity contribution >= 4 is 23.5 Å². The topological polar surface area (TPSA) is 74.3 Å². The highest BCUT2D eigenvalue weighted by atomic mass is 16.2. The van der Waals surface area contributed by atoms with Crippen molar-refractivity contribution in [3.05, 3.63) is 18.2 Å². The zero-order chi connectivity index (χ0) is 14.5. The number of carbonyl (C=O) groups excluding carboxylic acids is 2. The van der Waals surface area contributed by atoms with Gasteiger partial charge in [0.25, 0.3) is 0 Å². The normalized spacial score (nSPS) is 18.9. The maximum Gasteiger partial charge on any atom is 0.249 e. The van der Waals surface area contributed by atoms with E-state index in [1.165, 1.54) is 0 Å². The van der Waals surface area contributed by atoms with E-state index < -0.39 is 0 Å². The molecule has 1 saturated heterocycles. The average molecular weight is 276 g/mol. The molecule has 108 valence electrons. The van der Waals surface area contributed by atoms with E-state index in [0.717, 1.165) is 18.8 Å². The molecule has 1 aromatic rings. The Hall–Kier alpha value is -2.11. The van der Waals surface area contributed by atoms with Crippen molar-refractivity contribution in [2.24, 2.45) is 0 Å². The van der Waals surface area contributed by atoms with Crippen molar-refractivity contribution in [3.63, 3.8) is 0 Å². The lowest BCUT2D eigenvalue weighted by Crippen LogP contribution is -2.58. The molecule has 1 aliphatic rings. The van der Waals surface area contributed by atoms with E-state index in [1.807, 2.05) is 25.1 Å². The molecule has 0 radical (unpaired) electrons. The molecule has 2 amide bonds. The summed E-state index contributed by atoms with van der Waals surface area (Å²) in [4.78, 5) is 29.7. The van der Waals surface area contributed by atoms with Gasteiger partial charge < -0.3 is 10.2 Å². The molecular weight excluding hydrogens is 256 g/mol. The van der Waals surface area contributed by atoms with E-state index in [2.05, 4.69) is 22.5 Å². The Morgan fingerprint density at radius 1 is 1.40 bits per heavy atom. The predicted molar refractivity (Wildman–Crippen MR) is 77.6 cm³/mol. The zero-order valence-corrected chi connectivity index (χ0v) is 11.8. The van der Waals surface area contributed by atoms with Gasteiger partial charge in [0.1, 0.15) is 17.7 Å². The van der Waals surface area contributed by atoms with Crippen LogP contribution in [-0.4, -0.2) is 35.9 Å². The highest BCUT2D eigenvalue weighted by Crippen LogP contribution is 2.20. The Labute approximate surface area is 118 Å². The monoisotopic (exact) mass is 276 g/mol. The van der Waals surface area contributed by atoms with Crippen LogP contribution >= 0.6 is 0 Å². The Morgan fingerprint density at radius 3 is 2.90 bits per heavy atom. The van der Waals surface area contributed by atoms with E-state index in [-0.39, 0.29) is 24.4 Å². The van der Waals surface area contributed by atoms with Crippen molar-refractivity contribution in [1.29, 1.82) is 0 Å². The summed E-state index contributed by atoms with van der Waals surface area (Å²) in [7, 11) is 0. The van der Waals surface area contributed by atoms with Gasteiger partial charge in [-0.1, -0.05) is 19.9 Å². The first-order valence-electron chi connectivity index (χ1n) is 6.97. The second kappa shape index (κ2) is 6.36. The number of imide groups is 1. The summed E-state index contributed by atoms with van der Waals surface area (Å²) < 4.78 is 0. The Kier molecular flexibility index (Phi) is 4.55. The lowest BCUT2D eigenvalue weighted by atomic mass is 10.1. The maximum atomic E-state index is 11.9. The molecule has 0 bridgehead atoms. The van der Waals surface area contributed by atoms with Crippen molar-refractivity contribution in [3.8, 4) is 0 Å². The van der Waals surface area contributed by atoms with E-state index in [9.17, 15) is 9.59 Å². The van der Waals surface area contributed by atoms with Gasteiger partial charge in [-0.2, -0.15) is 0 Å². The van der Waals surface area contributed by atoms with Crippen LogP contribution in [0.2, 0.25) is 0 Å². The number of rotatable bonds is 5. The molecule has 1 unspecified atom stereocenters. The van der Waals surface area contributed by atoms with Crippen LogP contribution in [0, 0.1) is 0 Å². The second-order valence-corrected chi connectivity index (χ2v) is 4.77. The third-order valence-electron chi connectivity index (χ3n) is 3.23. The van der Waals surface area contributed by atoms with E-state index in [0.29, 0.717) is 12.2 Å². The van der Waals surface area contributed by atoms with E-state index >= 15 is 0 Å². The molecule has 0 aromatic carbocycles. The summed E-state index contributed by atoms with van der Waals surface area (Å²) >= 11 is 0. The third-order valence-corrected chi connectivity index (χ3v) is 3.23. The van der Waals surface area contributed by atoms with Crippen LogP contribution < -0.4 is 15.5 Å². The summed E-state index contributed by atoms with van der Waals surface area (Å²) in [5, 5.41) is 5.57. The van der Waals surface area contributed by atoms with E-state index in [1.54, 1.807) is 4.90 Å². The number of aromatic nitrogens is 1. The van der Waals surface area contributed by atoms with Crippen LogP contribution in [0.3, 0.4) is 0 Å². The fraction of sp³-hybridized carbons (Fsp3) is 0.500. The number of pyridine rings is 1. The first-order chi connectivity index (χ1) is 9.65. The van der Waals surface area contributed by atoms with Crippen LogP contribution in [0.5, 0.6) is 0 Å². The lowest BCUT2D eigenvalue weighted by Gasteiger charge is -2.34. The molecule has 2 heterocycles. The molecule has 0 saturated carbocycles. The lowest BCUT2D eigenvalue weighted by molar-refractivity contribution is -0.132. The molecule has 6 heteroatoms. The van der Waals surface area contributed by atoms with Crippen LogP contribution in [0.15, 0.2) is 18.2 Å². The highest BCUT2D eigenvalue weighted by Gasteiger charge is 2.33. The number of nitrogens with zero attached hydrogens (tertiary/aromatic N) is 2. The second-order valence-electron chi connectivity index (χ2n) is 4.77. The Balaban J connectivity index is 2.23. The van der Waals surface area contributed by atoms with Crippen LogP contribution in [0.4, 0.5) is 11.6 Å². The molecule has 1 fully saturated rings. The fourth-order valence-corrected chi connectivity index (χ4v) is 2.25. The molecule has 0 aliphatic carbocycles. The van der Waals surface area contributed by atoms with Gasteiger partial charge in [-0.3, -0.25) is 14.9 Å². The van der Waals surface area contributed by atoms with Gasteiger partial charge in [0.2, 0.25) is 11.8 Å². The fourth-order valence-electron chi connectivity index (χ4n) is 2.25. The van der Waals surface area contributed by atoms with Gasteiger partial charge in [0.15, 0.2) is 0 Å². The molecular formula is C14H20N4O2. The number of anilines is 2. The molecule has 1 aliphatic heterocycles. The summed E-state index contributed by atoms with van der Waals surface area (Å²) in [5.74, 6) is 0.879. The zero-order valence-electron chi connectivity index (χ0n) is 11.8. The minimum Gasteiger partial charge on any atom is -0.370 e. The minimum atomic E-state index is -0.346. The van der Waals surface area contributed by atoms with Crippen molar-refractivity contribution in [2.75, 3.05) is 23.3 Å². The SMILES string of the molecule is CCCNc1cccc(N2CC(=O)NC(=O)C2CC)n1. The number of piperazine rings is 1. The first kappa shape index (κ1) is 14.3. The number of hydrogen-bond acceptors (Lipinski definition) is 5. The molecule has 1 aromatic heterocycles. The summed E-state index contributed by atoms with van der Waals surface area (Å²) in [6.07, 6.45) is 1.64.